The minimum atomic E-state index is -0.0217. The second kappa shape index (κ2) is 6.97. The zero-order valence-electron chi connectivity index (χ0n) is 14.1. The van der Waals surface area contributed by atoms with Crippen LogP contribution in [0.3, 0.4) is 0 Å². The van der Waals surface area contributed by atoms with Crippen LogP contribution >= 0.6 is 23.1 Å². The van der Waals surface area contributed by atoms with Crippen LogP contribution in [-0.2, 0) is 12.8 Å². The van der Waals surface area contributed by atoms with E-state index in [4.69, 9.17) is 9.15 Å². The van der Waals surface area contributed by atoms with Gasteiger partial charge in [-0.05, 0) is 35.7 Å². The molecule has 0 saturated heterocycles. The summed E-state index contributed by atoms with van der Waals surface area (Å²) in [5.74, 6) is 1.90. The number of thiophene rings is 1. The molecule has 3 heterocycles. The summed E-state index contributed by atoms with van der Waals surface area (Å²) in [5.41, 5.74) is 2.39. The third-order valence-electron chi connectivity index (χ3n) is 3.88. The Balaban J connectivity index is 1.53. The molecule has 0 atom stereocenters. The molecule has 3 aromatic heterocycles. The third-order valence-corrected chi connectivity index (χ3v) is 5.84. The Hall–Kier alpha value is -2.58. The minimum absolute atomic E-state index is 0.0217. The van der Waals surface area contributed by atoms with Gasteiger partial charge in [0.25, 0.3) is 5.56 Å². The number of benzene rings is 1. The van der Waals surface area contributed by atoms with E-state index < -0.39 is 0 Å². The summed E-state index contributed by atoms with van der Waals surface area (Å²) in [4.78, 5) is 21.4. The van der Waals surface area contributed by atoms with Crippen LogP contribution in [0.5, 0.6) is 5.75 Å². The number of rotatable bonds is 5. The smallest absolute Gasteiger partial charge is 0.271 e. The molecule has 8 heteroatoms. The highest BCUT2D eigenvalue weighted by Gasteiger charge is 2.12. The fourth-order valence-electron chi connectivity index (χ4n) is 2.47. The van der Waals surface area contributed by atoms with Gasteiger partial charge in [0.05, 0.1) is 18.3 Å². The molecule has 6 nitrogen and oxygen atoms in total. The van der Waals surface area contributed by atoms with Gasteiger partial charge < -0.3 is 9.15 Å². The number of methoxy groups -OCH3 is 1. The van der Waals surface area contributed by atoms with Gasteiger partial charge in [-0.1, -0.05) is 11.8 Å². The van der Waals surface area contributed by atoms with Crippen molar-refractivity contribution >= 4 is 33.3 Å². The molecule has 0 aliphatic rings. The molecule has 0 radical (unpaired) electrons. The van der Waals surface area contributed by atoms with Crippen molar-refractivity contribution in [1.82, 2.24) is 14.5 Å². The minimum Gasteiger partial charge on any atom is -0.497 e. The van der Waals surface area contributed by atoms with Gasteiger partial charge in [0, 0.05) is 18.4 Å². The fraction of sp³-hybridized carbons (Fsp3) is 0.167. The first kappa shape index (κ1) is 16.9. The SMILES string of the molecule is COc1ccc(-c2nc(CSc3nc4ccsc4c(=O)n3C)co2)cc1. The van der Waals surface area contributed by atoms with Crippen molar-refractivity contribution in [3.63, 3.8) is 0 Å². The lowest BCUT2D eigenvalue weighted by atomic mass is 10.2. The lowest BCUT2D eigenvalue weighted by molar-refractivity contribution is 0.415. The standard InChI is InChI=1S/C18H15N3O3S2/c1-21-17(22)15-14(7-8-25-15)20-18(21)26-10-12-9-24-16(19-12)11-3-5-13(23-2)6-4-11/h3-9H,10H2,1-2H3. The quantitative estimate of drug-likeness (QED) is 0.383. The van der Waals surface area contributed by atoms with E-state index in [1.54, 1.807) is 25.0 Å². The van der Waals surface area contributed by atoms with Gasteiger partial charge in [0.1, 0.15) is 16.7 Å². The van der Waals surface area contributed by atoms with E-state index in [-0.39, 0.29) is 5.56 Å². The maximum Gasteiger partial charge on any atom is 0.271 e. The first-order chi connectivity index (χ1) is 12.7. The molecular weight excluding hydrogens is 370 g/mol. The average molecular weight is 385 g/mol. The van der Waals surface area contributed by atoms with Gasteiger partial charge in [-0.3, -0.25) is 9.36 Å². The molecule has 4 rings (SSSR count). The Bertz CT molecular complexity index is 1110. The predicted molar refractivity (Wildman–Crippen MR) is 103 cm³/mol. The van der Waals surface area contributed by atoms with E-state index in [0.717, 1.165) is 22.5 Å². The Morgan fingerprint density at radius 1 is 1.23 bits per heavy atom. The topological polar surface area (TPSA) is 70.2 Å². The first-order valence-corrected chi connectivity index (χ1v) is 9.68. The van der Waals surface area contributed by atoms with Crippen LogP contribution in [0.15, 0.2) is 56.3 Å². The van der Waals surface area contributed by atoms with Gasteiger partial charge in [-0.25, -0.2) is 9.97 Å². The van der Waals surface area contributed by atoms with Gasteiger partial charge >= 0.3 is 0 Å². The molecule has 26 heavy (non-hydrogen) atoms. The molecule has 0 spiro atoms. The van der Waals surface area contributed by atoms with Crippen molar-refractivity contribution in [2.45, 2.75) is 10.9 Å². The van der Waals surface area contributed by atoms with Crippen molar-refractivity contribution < 1.29 is 9.15 Å². The van der Waals surface area contributed by atoms with Crippen molar-refractivity contribution in [3.05, 3.63) is 58.0 Å². The number of ether oxygens (including phenoxy) is 1. The Kier molecular flexibility index (Phi) is 4.52. The van der Waals surface area contributed by atoms with Crippen LogP contribution in [0.2, 0.25) is 0 Å². The molecule has 0 fully saturated rings. The Labute approximate surface area is 157 Å². The second-order valence-electron chi connectivity index (χ2n) is 5.55. The van der Waals surface area contributed by atoms with E-state index in [1.807, 2.05) is 35.7 Å². The van der Waals surface area contributed by atoms with E-state index in [9.17, 15) is 4.79 Å². The lowest BCUT2D eigenvalue weighted by Gasteiger charge is -2.05. The summed E-state index contributed by atoms with van der Waals surface area (Å²) >= 11 is 2.87. The third kappa shape index (κ3) is 3.13. The molecule has 0 bridgehead atoms. The van der Waals surface area contributed by atoms with E-state index >= 15 is 0 Å². The fourth-order valence-corrected chi connectivity index (χ4v) is 4.13. The zero-order valence-corrected chi connectivity index (χ0v) is 15.8. The highest BCUT2D eigenvalue weighted by Crippen LogP contribution is 2.26. The lowest BCUT2D eigenvalue weighted by Crippen LogP contribution is -2.18. The normalized spacial score (nSPS) is 11.2. The molecule has 0 aliphatic carbocycles. The molecule has 132 valence electrons. The van der Waals surface area contributed by atoms with Gasteiger partial charge in [-0.15, -0.1) is 11.3 Å². The van der Waals surface area contributed by atoms with Crippen LogP contribution in [-0.4, -0.2) is 21.6 Å². The number of hydrogen-bond donors (Lipinski definition) is 0. The molecule has 1 aromatic carbocycles. The first-order valence-electron chi connectivity index (χ1n) is 7.81. The number of fused-ring (bicyclic) bond motifs is 1. The molecule has 0 N–H and O–H groups in total. The summed E-state index contributed by atoms with van der Waals surface area (Å²) in [6, 6.07) is 9.39. The summed E-state index contributed by atoms with van der Waals surface area (Å²) in [7, 11) is 3.37. The van der Waals surface area contributed by atoms with Crippen LogP contribution in [0.1, 0.15) is 5.69 Å². The van der Waals surface area contributed by atoms with E-state index in [0.29, 0.717) is 21.5 Å². The van der Waals surface area contributed by atoms with Crippen molar-refractivity contribution in [2.24, 2.45) is 7.05 Å². The summed E-state index contributed by atoms with van der Waals surface area (Å²) in [6.45, 7) is 0. The van der Waals surface area contributed by atoms with Crippen LogP contribution in [0.4, 0.5) is 0 Å². The van der Waals surface area contributed by atoms with E-state index in [2.05, 4.69) is 9.97 Å². The molecule has 0 amide bonds. The Morgan fingerprint density at radius 2 is 2.04 bits per heavy atom. The molecular formula is C18H15N3O3S2. The monoisotopic (exact) mass is 385 g/mol. The highest BCUT2D eigenvalue weighted by atomic mass is 32.2. The summed E-state index contributed by atoms with van der Waals surface area (Å²) < 4.78 is 13.0. The number of aromatic nitrogens is 3. The number of thioether (sulfide) groups is 1. The number of nitrogens with zero attached hydrogens (tertiary/aromatic N) is 3. The largest absolute Gasteiger partial charge is 0.497 e. The van der Waals surface area contributed by atoms with Crippen LogP contribution < -0.4 is 10.3 Å². The van der Waals surface area contributed by atoms with E-state index in [1.165, 1.54) is 23.1 Å². The van der Waals surface area contributed by atoms with Crippen molar-refractivity contribution in [1.29, 1.82) is 0 Å². The molecule has 0 unspecified atom stereocenters. The predicted octanol–water partition coefficient (Wildman–Crippen LogP) is 3.95. The Morgan fingerprint density at radius 3 is 2.81 bits per heavy atom. The van der Waals surface area contributed by atoms with Crippen molar-refractivity contribution in [3.8, 4) is 17.2 Å². The number of oxazole rings is 1. The second-order valence-corrected chi connectivity index (χ2v) is 7.41. The van der Waals surface area contributed by atoms with Gasteiger partial charge in [0.2, 0.25) is 5.89 Å². The molecule has 4 aromatic rings. The number of hydrogen-bond acceptors (Lipinski definition) is 7. The maximum absolute atomic E-state index is 12.3. The average Bonchev–Trinajstić information content (AvgIpc) is 3.33. The zero-order chi connectivity index (χ0) is 18.1. The van der Waals surface area contributed by atoms with Crippen LogP contribution in [0, 0.1) is 0 Å². The highest BCUT2D eigenvalue weighted by molar-refractivity contribution is 7.98. The summed E-state index contributed by atoms with van der Waals surface area (Å²) in [5, 5.41) is 2.54. The summed E-state index contributed by atoms with van der Waals surface area (Å²) in [6.07, 6.45) is 1.63. The van der Waals surface area contributed by atoms with Crippen LogP contribution in [0.25, 0.3) is 21.7 Å². The molecule has 0 aliphatic heterocycles. The van der Waals surface area contributed by atoms with Gasteiger partial charge in [-0.2, -0.15) is 0 Å². The molecule has 0 saturated carbocycles. The maximum atomic E-state index is 12.3. The van der Waals surface area contributed by atoms with Crippen molar-refractivity contribution in [2.75, 3.05) is 7.11 Å². The van der Waals surface area contributed by atoms with Gasteiger partial charge in [0.15, 0.2) is 5.16 Å².